The molecule has 1 aromatic carbocycles. The number of nitrogens with zero attached hydrogens (tertiary/aromatic N) is 2. The quantitative estimate of drug-likeness (QED) is 0.494. The van der Waals surface area contributed by atoms with E-state index in [0.717, 1.165) is 24.6 Å². The molecule has 1 saturated carbocycles. The first-order valence-corrected chi connectivity index (χ1v) is 8.21. The van der Waals surface area contributed by atoms with Gasteiger partial charge >= 0.3 is 0 Å². The van der Waals surface area contributed by atoms with Crippen molar-refractivity contribution in [2.45, 2.75) is 17.7 Å². The summed E-state index contributed by atoms with van der Waals surface area (Å²) < 4.78 is 22.5. The normalized spacial score (nSPS) is 24.9. The highest BCUT2D eigenvalue weighted by molar-refractivity contribution is 7.89. The van der Waals surface area contributed by atoms with Crippen molar-refractivity contribution in [1.29, 1.82) is 0 Å². The topological polar surface area (TPSA) is 128 Å². The maximum atomic E-state index is 11.3. The molecule has 0 unspecified atom stereocenters. The van der Waals surface area contributed by atoms with Crippen molar-refractivity contribution in [3.05, 3.63) is 40.5 Å². The highest BCUT2D eigenvalue weighted by atomic mass is 32.2. The van der Waals surface area contributed by atoms with Gasteiger partial charge in [0.15, 0.2) is 0 Å². The molecule has 3 rings (SSSR count). The Morgan fingerprint density at radius 2 is 2.18 bits per heavy atom. The molecule has 0 heterocycles. The predicted molar refractivity (Wildman–Crippen MR) is 80.9 cm³/mol. The Balaban J connectivity index is 1.86. The lowest BCUT2D eigenvalue weighted by atomic mass is 9.74. The summed E-state index contributed by atoms with van der Waals surface area (Å²) in [5.41, 5.74) is 3.37. The predicted octanol–water partition coefficient (Wildman–Crippen LogP) is 1.61. The summed E-state index contributed by atoms with van der Waals surface area (Å²) in [4.78, 5) is 10.1. The lowest BCUT2D eigenvalue weighted by molar-refractivity contribution is -0.384. The summed E-state index contributed by atoms with van der Waals surface area (Å²) in [5, 5.41) is 20.3. The van der Waals surface area contributed by atoms with Crippen LogP contribution in [0.5, 0.6) is 0 Å². The second kappa shape index (κ2) is 5.18. The van der Waals surface area contributed by atoms with Gasteiger partial charge in [-0.15, -0.1) is 0 Å². The van der Waals surface area contributed by atoms with Crippen molar-refractivity contribution < 1.29 is 13.3 Å². The van der Waals surface area contributed by atoms with Crippen LogP contribution >= 0.6 is 0 Å². The summed E-state index contributed by atoms with van der Waals surface area (Å²) in [5.74, 6) is 0.913. The summed E-state index contributed by atoms with van der Waals surface area (Å²) in [6.45, 7) is 0. The minimum Gasteiger partial charge on any atom is -0.272 e. The van der Waals surface area contributed by atoms with Crippen molar-refractivity contribution in [2.24, 2.45) is 22.1 Å². The Morgan fingerprint density at radius 3 is 2.82 bits per heavy atom. The maximum absolute atomic E-state index is 11.3. The van der Waals surface area contributed by atoms with Crippen LogP contribution < -0.4 is 10.6 Å². The highest BCUT2D eigenvalue weighted by Crippen LogP contribution is 2.40. The zero-order valence-electron chi connectivity index (χ0n) is 11.5. The molecule has 0 spiro atoms. The number of allylic oxidation sites excluding steroid dienone is 2. The SMILES string of the molecule is NS(=O)(=O)c1ccc(N/N=C2/C[C@H]3CC=C[C@H]23)c([N+](=O)[O-])c1. The lowest BCUT2D eigenvalue weighted by Gasteiger charge is -2.31. The molecule has 1 aromatic rings. The van der Waals surface area contributed by atoms with E-state index in [1.807, 2.05) is 0 Å². The zero-order valence-corrected chi connectivity index (χ0v) is 12.3. The van der Waals surface area contributed by atoms with Gasteiger partial charge < -0.3 is 0 Å². The third-order valence-electron chi connectivity index (χ3n) is 3.96. The number of primary sulfonamides is 1. The second-order valence-electron chi connectivity index (χ2n) is 5.35. The molecule has 2 aliphatic carbocycles. The standard InChI is InChI=1S/C13H14N4O4S/c14-22(20,21)9-4-5-11(13(7-9)17(18)19)15-16-12-6-8-2-1-3-10(8)12/h1,3-5,7-8,10,15H,2,6H2,(H2,14,20,21)/b16-12-/t8-,10+/m1/s1. The number of fused-ring (bicyclic) bond motifs is 1. The second-order valence-corrected chi connectivity index (χ2v) is 6.91. The average Bonchev–Trinajstić information content (AvgIpc) is 2.79. The van der Waals surface area contributed by atoms with E-state index < -0.39 is 14.9 Å². The van der Waals surface area contributed by atoms with Crippen molar-refractivity contribution in [2.75, 3.05) is 5.43 Å². The van der Waals surface area contributed by atoms with Crippen LogP contribution in [0.4, 0.5) is 11.4 Å². The minimum atomic E-state index is -3.99. The Hall–Kier alpha value is -2.26. The molecule has 9 heteroatoms. The summed E-state index contributed by atoms with van der Waals surface area (Å²) in [6.07, 6.45) is 6.12. The fraction of sp³-hybridized carbons (Fsp3) is 0.308. The molecule has 0 amide bonds. The van der Waals surface area contributed by atoms with Crippen molar-refractivity contribution >= 4 is 27.1 Å². The van der Waals surface area contributed by atoms with Gasteiger partial charge in [0, 0.05) is 17.7 Å². The Bertz CT molecular complexity index is 800. The Kier molecular flexibility index (Phi) is 3.45. The Labute approximate surface area is 126 Å². The van der Waals surface area contributed by atoms with E-state index in [-0.39, 0.29) is 16.3 Å². The number of nitro groups is 1. The van der Waals surface area contributed by atoms with Gasteiger partial charge in [-0.25, -0.2) is 13.6 Å². The maximum Gasteiger partial charge on any atom is 0.295 e. The first-order chi connectivity index (χ1) is 10.4. The van der Waals surface area contributed by atoms with Crippen molar-refractivity contribution in [1.82, 2.24) is 0 Å². The number of rotatable bonds is 4. The number of sulfonamides is 1. The fourth-order valence-corrected chi connectivity index (χ4v) is 3.26. The van der Waals surface area contributed by atoms with Gasteiger partial charge in [-0.2, -0.15) is 5.10 Å². The minimum absolute atomic E-state index is 0.135. The molecule has 116 valence electrons. The van der Waals surface area contributed by atoms with E-state index in [9.17, 15) is 18.5 Å². The monoisotopic (exact) mass is 322 g/mol. The molecule has 0 radical (unpaired) electrons. The molecular formula is C13H14N4O4S. The van der Waals surface area contributed by atoms with Gasteiger partial charge in [-0.05, 0) is 30.9 Å². The van der Waals surface area contributed by atoms with Crippen LogP contribution in [0.3, 0.4) is 0 Å². The molecule has 0 bridgehead atoms. The van der Waals surface area contributed by atoms with Gasteiger partial charge in [-0.3, -0.25) is 15.5 Å². The molecule has 2 aliphatic rings. The summed E-state index contributed by atoms with van der Waals surface area (Å²) in [6, 6.07) is 3.43. The van der Waals surface area contributed by atoms with Gasteiger partial charge in [-0.1, -0.05) is 12.2 Å². The number of hydrogen-bond acceptors (Lipinski definition) is 6. The first-order valence-electron chi connectivity index (χ1n) is 6.66. The smallest absolute Gasteiger partial charge is 0.272 e. The molecule has 22 heavy (non-hydrogen) atoms. The number of anilines is 1. The van der Waals surface area contributed by atoms with Crippen LogP contribution in [0, 0.1) is 22.0 Å². The number of benzene rings is 1. The molecular weight excluding hydrogens is 308 g/mol. The summed E-state index contributed by atoms with van der Waals surface area (Å²) >= 11 is 0. The van der Waals surface area contributed by atoms with Crippen LogP contribution in [-0.4, -0.2) is 19.1 Å². The summed E-state index contributed by atoms with van der Waals surface area (Å²) in [7, 11) is -3.99. The molecule has 2 atom stereocenters. The Morgan fingerprint density at radius 1 is 1.41 bits per heavy atom. The van der Waals surface area contributed by atoms with Crippen LogP contribution in [0.25, 0.3) is 0 Å². The van der Waals surface area contributed by atoms with E-state index in [1.165, 1.54) is 12.1 Å². The van der Waals surface area contributed by atoms with E-state index in [4.69, 9.17) is 5.14 Å². The number of nitrogens with two attached hydrogens (primary N) is 1. The number of nitro benzene ring substituents is 1. The molecule has 3 N–H and O–H groups in total. The fourth-order valence-electron chi connectivity index (χ4n) is 2.73. The number of hydrogen-bond donors (Lipinski definition) is 2. The van der Waals surface area contributed by atoms with Crippen LogP contribution in [-0.2, 0) is 10.0 Å². The number of hydrazone groups is 1. The van der Waals surface area contributed by atoms with Gasteiger partial charge in [0.25, 0.3) is 5.69 Å². The molecule has 0 saturated heterocycles. The molecule has 0 aliphatic heterocycles. The largest absolute Gasteiger partial charge is 0.295 e. The third-order valence-corrected chi connectivity index (χ3v) is 4.87. The van der Waals surface area contributed by atoms with Crippen molar-refractivity contribution in [3.63, 3.8) is 0 Å². The third kappa shape index (κ3) is 2.60. The molecule has 1 fully saturated rings. The molecule has 0 aromatic heterocycles. The van der Waals surface area contributed by atoms with E-state index >= 15 is 0 Å². The van der Waals surface area contributed by atoms with E-state index in [1.54, 1.807) is 0 Å². The van der Waals surface area contributed by atoms with Crippen LogP contribution in [0.2, 0.25) is 0 Å². The van der Waals surface area contributed by atoms with Gasteiger partial charge in [0.05, 0.1) is 9.82 Å². The zero-order chi connectivity index (χ0) is 15.9. The molecule has 8 nitrogen and oxygen atoms in total. The first kappa shape index (κ1) is 14.7. The lowest BCUT2D eigenvalue weighted by Crippen LogP contribution is -2.33. The van der Waals surface area contributed by atoms with Crippen LogP contribution in [0.15, 0.2) is 40.3 Å². The highest BCUT2D eigenvalue weighted by Gasteiger charge is 2.37. The van der Waals surface area contributed by atoms with E-state index in [2.05, 4.69) is 22.7 Å². The average molecular weight is 322 g/mol. The van der Waals surface area contributed by atoms with E-state index in [0.29, 0.717) is 11.8 Å². The van der Waals surface area contributed by atoms with Gasteiger partial charge in [0.1, 0.15) is 5.69 Å². The van der Waals surface area contributed by atoms with Crippen LogP contribution in [0.1, 0.15) is 12.8 Å². The van der Waals surface area contributed by atoms with Crippen molar-refractivity contribution in [3.8, 4) is 0 Å². The van der Waals surface area contributed by atoms with Gasteiger partial charge in [0.2, 0.25) is 10.0 Å². The number of nitrogens with one attached hydrogen (secondary N) is 1.